The maximum atomic E-state index is 13.9. The Bertz CT molecular complexity index is 1180. The van der Waals surface area contributed by atoms with Crippen LogP contribution in [0.4, 0.5) is 8.78 Å². The Kier molecular flexibility index (Phi) is 8.86. The van der Waals surface area contributed by atoms with Crippen LogP contribution >= 0.6 is 0 Å². The lowest BCUT2D eigenvalue weighted by molar-refractivity contribution is -0.114. The summed E-state index contributed by atoms with van der Waals surface area (Å²) in [6.07, 6.45) is 6.75. The fraction of sp³-hybridized carbons (Fsp3) is 0.308. The third-order valence-electron chi connectivity index (χ3n) is 6.09. The Morgan fingerprint density at radius 2 is 1.81 bits per heavy atom. The number of carbonyl (C=O) groups is 1. The van der Waals surface area contributed by atoms with Gasteiger partial charge in [-0.15, -0.1) is 0 Å². The summed E-state index contributed by atoms with van der Waals surface area (Å²) in [5, 5.41) is 10.8. The average Bonchev–Trinajstić information content (AvgIpc) is 2.97. The number of hydrazine groups is 1. The molecule has 1 saturated heterocycles. The summed E-state index contributed by atoms with van der Waals surface area (Å²) < 4.78 is 32.5. The number of amides is 1. The molecule has 10 heteroatoms. The Balaban J connectivity index is 1.83. The first kappa shape index (κ1) is 26.5. The van der Waals surface area contributed by atoms with Gasteiger partial charge in [0.15, 0.2) is 17.8 Å². The fourth-order valence-corrected chi connectivity index (χ4v) is 4.10. The molecule has 1 aliphatic rings. The van der Waals surface area contributed by atoms with Crippen LogP contribution in [0.15, 0.2) is 60.4 Å². The minimum absolute atomic E-state index is 0.0386. The maximum absolute atomic E-state index is 13.9. The van der Waals surface area contributed by atoms with E-state index in [4.69, 9.17) is 22.0 Å². The maximum Gasteiger partial charge on any atom is 0.253 e. The number of benzene rings is 2. The number of nitriles is 1. The zero-order valence-corrected chi connectivity index (χ0v) is 19.9. The largest absolute Gasteiger partial charge is 0.454 e. The quantitative estimate of drug-likeness (QED) is 0.175. The van der Waals surface area contributed by atoms with Crippen LogP contribution < -0.4 is 22.0 Å². The van der Waals surface area contributed by atoms with Crippen LogP contribution in [0, 0.1) is 23.1 Å². The second-order valence-corrected chi connectivity index (χ2v) is 8.61. The summed E-state index contributed by atoms with van der Waals surface area (Å²) in [4.78, 5) is 14.0. The molecule has 8 nitrogen and oxygen atoms in total. The number of rotatable bonds is 7. The van der Waals surface area contributed by atoms with E-state index in [2.05, 4.69) is 12.8 Å². The molecule has 1 atom stereocenters. The fourth-order valence-electron chi connectivity index (χ4n) is 4.10. The third-order valence-corrected chi connectivity index (χ3v) is 6.09. The molecular weight excluding hydrogens is 466 g/mol. The van der Waals surface area contributed by atoms with Gasteiger partial charge in [-0.3, -0.25) is 9.80 Å². The van der Waals surface area contributed by atoms with Gasteiger partial charge in [0.25, 0.3) is 5.91 Å². The highest BCUT2D eigenvalue weighted by Crippen LogP contribution is 2.29. The predicted molar refractivity (Wildman–Crippen MR) is 132 cm³/mol. The number of primary amides is 1. The minimum Gasteiger partial charge on any atom is -0.454 e. The van der Waals surface area contributed by atoms with Gasteiger partial charge in [-0.25, -0.2) is 14.6 Å². The molecule has 0 aliphatic carbocycles. The van der Waals surface area contributed by atoms with Crippen molar-refractivity contribution in [3.63, 3.8) is 0 Å². The van der Waals surface area contributed by atoms with Crippen molar-refractivity contribution in [3.8, 4) is 17.7 Å². The van der Waals surface area contributed by atoms with Crippen molar-refractivity contribution in [1.82, 2.24) is 9.91 Å². The van der Waals surface area contributed by atoms with Gasteiger partial charge in [0.1, 0.15) is 17.4 Å². The molecule has 2 aromatic carbocycles. The summed E-state index contributed by atoms with van der Waals surface area (Å²) in [5.74, 6) is 4.12. The molecule has 0 bridgehead atoms. The van der Waals surface area contributed by atoms with Gasteiger partial charge in [-0.1, -0.05) is 38.0 Å². The molecular formula is C26H30F2N6O2. The Morgan fingerprint density at radius 1 is 1.11 bits per heavy atom. The lowest BCUT2D eigenvalue weighted by Gasteiger charge is -2.32. The smallest absolute Gasteiger partial charge is 0.253 e. The standard InChI is InChI=1S/C26H30F2N6O2/c1-17(18-7-10-21(11-8-18)36-23-12-9-19(27)14-22(23)28)24(26(31)35)25(30)34(32)20-6-4-2-3-5-13-33(15-20)16-29/h7-12,14,20H,1-6,13,15,30,32H2,(H2,31,35)/b25-24+. The van der Waals surface area contributed by atoms with Crippen LogP contribution in [-0.2, 0) is 4.79 Å². The highest BCUT2D eigenvalue weighted by Gasteiger charge is 2.25. The van der Waals surface area contributed by atoms with E-state index in [1.54, 1.807) is 29.2 Å². The Morgan fingerprint density at radius 3 is 2.44 bits per heavy atom. The van der Waals surface area contributed by atoms with Crippen molar-refractivity contribution >= 4 is 11.5 Å². The van der Waals surface area contributed by atoms with E-state index in [0.29, 0.717) is 25.1 Å². The van der Waals surface area contributed by atoms with Gasteiger partial charge in [0.05, 0.1) is 11.6 Å². The zero-order chi connectivity index (χ0) is 26.2. The number of halogens is 2. The molecule has 0 aromatic heterocycles. The molecule has 1 aliphatic heterocycles. The van der Waals surface area contributed by atoms with Crippen molar-refractivity contribution in [2.45, 2.75) is 38.1 Å². The Hall–Kier alpha value is -4.10. The summed E-state index contributed by atoms with van der Waals surface area (Å²) in [5.41, 5.74) is 12.7. The monoisotopic (exact) mass is 496 g/mol. The predicted octanol–water partition coefficient (Wildman–Crippen LogP) is 3.72. The molecule has 0 spiro atoms. The van der Waals surface area contributed by atoms with E-state index >= 15 is 0 Å². The molecule has 190 valence electrons. The normalized spacial score (nSPS) is 17.1. The first-order valence-corrected chi connectivity index (χ1v) is 11.6. The second kappa shape index (κ2) is 12.0. The molecule has 0 radical (unpaired) electrons. The van der Waals surface area contributed by atoms with Crippen molar-refractivity contribution < 1.29 is 18.3 Å². The summed E-state index contributed by atoms with van der Waals surface area (Å²) in [6, 6.07) is 9.00. The molecule has 1 amide bonds. The lowest BCUT2D eigenvalue weighted by Crippen LogP contribution is -2.49. The number of nitrogens with zero attached hydrogens (tertiary/aromatic N) is 3. The van der Waals surface area contributed by atoms with Crippen LogP contribution in [0.1, 0.15) is 37.7 Å². The van der Waals surface area contributed by atoms with Gasteiger partial charge >= 0.3 is 0 Å². The van der Waals surface area contributed by atoms with Crippen molar-refractivity contribution in [1.29, 1.82) is 5.26 Å². The van der Waals surface area contributed by atoms with E-state index in [9.17, 15) is 18.8 Å². The van der Waals surface area contributed by atoms with Crippen LogP contribution in [0.2, 0.25) is 0 Å². The topological polar surface area (TPSA) is 135 Å². The van der Waals surface area contributed by atoms with Gasteiger partial charge < -0.3 is 21.1 Å². The van der Waals surface area contributed by atoms with Crippen molar-refractivity contribution in [2.75, 3.05) is 13.1 Å². The van der Waals surface area contributed by atoms with E-state index in [1.807, 2.05) is 0 Å². The molecule has 1 unspecified atom stereocenters. The first-order chi connectivity index (χ1) is 17.2. The second-order valence-electron chi connectivity index (χ2n) is 8.61. The van der Waals surface area contributed by atoms with E-state index < -0.39 is 17.5 Å². The molecule has 2 aromatic rings. The zero-order valence-electron chi connectivity index (χ0n) is 19.9. The van der Waals surface area contributed by atoms with Crippen molar-refractivity contribution in [2.24, 2.45) is 17.3 Å². The van der Waals surface area contributed by atoms with Gasteiger partial charge in [-0.05, 0) is 48.2 Å². The lowest BCUT2D eigenvalue weighted by atomic mass is 9.98. The van der Waals surface area contributed by atoms with Gasteiger partial charge in [0.2, 0.25) is 0 Å². The molecule has 36 heavy (non-hydrogen) atoms. The molecule has 3 rings (SSSR count). The number of hydrogen-bond donors (Lipinski definition) is 3. The number of carbonyl (C=O) groups excluding carboxylic acids is 1. The van der Waals surface area contributed by atoms with Crippen LogP contribution in [0.25, 0.3) is 5.57 Å². The van der Waals surface area contributed by atoms with E-state index in [1.165, 1.54) is 11.1 Å². The van der Waals surface area contributed by atoms with Crippen molar-refractivity contribution in [3.05, 3.63) is 77.6 Å². The van der Waals surface area contributed by atoms with Gasteiger partial charge in [-0.2, -0.15) is 5.26 Å². The number of nitrogens with two attached hydrogens (primary N) is 3. The summed E-state index contributed by atoms with van der Waals surface area (Å²) in [6.45, 7) is 4.99. The average molecular weight is 497 g/mol. The molecule has 1 fully saturated rings. The number of ether oxygens (including phenoxy) is 1. The van der Waals surface area contributed by atoms with E-state index in [-0.39, 0.29) is 34.5 Å². The SMILES string of the molecule is C=C(/C(C(N)=O)=C(/N)N(N)C1CCCCCCN(C#N)C1)c1ccc(Oc2ccc(F)cc2F)cc1. The molecule has 6 N–H and O–H groups in total. The first-order valence-electron chi connectivity index (χ1n) is 11.6. The van der Waals surface area contributed by atoms with E-state index in [0.717, 1.165) is 37.8 Å². The highest BCUT2D eigenvalue weighted by molar-refractivity contribution is 6.08. The van der Waals surface area contributed by atoms with Gasteiger partial charge in [0, 0.05) is 19.2 Å². The van der Waals surface area contributed by atoms with Crippen LogP contribution in [-0.4, -0.2) is 34.9 Å². The minimum atomic E-state index is -0.835. The molecule has 1 heterocycles. The molecule has 0 saturated carbocycles. The van der Waals surface area contributed by atoms with Crippen LogP contribution in [0.3, 0.4) is 0 Å². The summed E-state index contributed by atoms with van der Waals surface area (Å²) in [7, 11) is 0. The number of hydrogen-bond acceptors (Lipinski definition) is 7. The van der Waals surface area contributed by atoms with Crippen LogP contribution in [0.5, 0.6) is 11.5 Å². The Labute approximate surface area is 209 Å². The third kappa shape index (κ3) is 6.52. The highest BCUT2D eigenvalue weighted by atomic mass is 19.1. The summed E-state index contributed by atoms with van der Waals surface area (Å²) >= 11 is 0.